The van der Waals surface area contributed by atoms with Gasteiger partial charge in [0.25, 0.3) is 0 Å². The number of hydrogen-bond acceptors (Lipinski definition) is 6. The largest absolute Gasteiger partial charge is 0.353 e. The third-order valence-electron chi connectivity index (χ3n) is 5.78. The SMILES string of the molecule is Cc1nc(N2CCN(CC(=O)N(C)C)CC2)c2c3c(sc2n1)CC(C)CC3. The average Bonchev–Trinajstić information content (AvgIpc) is 2.98. The van der Waals surface area contributed by atoms with Crippen LogP contribution >= 0.6 is 11.3 Å². The fourth-order valence-corrected chi connectivity index (χ4v) is 5.53. The van der Waals surface area contributed by atoms with E-state index < -0.39 is 0 Å². The van der Waals surface area contributed by atoms with E-state index >= 15 is 0 Å². The fraction of sp³-hybridized carbons (Fsp3) is 0.650. The first kappa shape index (κ1) is 18.6. The predicted octanol–water partition coefficient (Wildman–Crippen LogP) is 2.33. The molecule has 7 heteroatoms. The van der Waals surface area contributed by atoms with Gasteiger partial charge in [0, 0.05) is 45.2 Å². The highest BCUT2D eigenvalue weighted by Gasteiger charge is 2.27. The lowest BCUT2D eigenvalue weighted by atomic mass is 9.89. The lowest BCUT2D eigenvalue weighted by molar-refractivity contribution is -0.129. The van der Waals surface area contributed by atoms with Crippen LogP contribution in [0.1, 0.15) is 29.6 Å². The topological polar surface area (TPSA) is 52.6 Å². The molecule has 1 amide bonds. The summed E-state index contributed by atoms with van der Waals surface area (Å²) in [5.41, 5.74) is 1.49. The van der Waals surface area contributed by atoms with Gasteiger partial charge in [-0.25, -0.2) is 9.97 Å². The highest BCUT2D eigenvalue weighted by atomic mass is 32.1. The number of rotatable bonds is 3. The Kier molecular flexibility index (Phi) is 5.07. The predicted molar refractivity (Wildman–Crippen MR) is 111 cm³/mol. The molecule has 27 heavy (non-hydrogen) atoms. The van der Waals surface area contributed by atoms with E-state index in [0.717, 1.165) is 55.0 Å². The Morgan fingerprint density at radius 2 is 1.96 bits per heavy atom. The first-order valence-electron chi connectivity index (χ1n) is 9.88. The molecule has 1 saturated heterocycles. The van der Waals surface area contributed by atoms with Crippen LogP contribution in [0.3, 0.4) is 0 Å². The minimum atomic E-state index is 0.171. The van der Waals surface area contributed by atoms with Crippen molar-refractivity contribution in [2.45, 2.75) is 33.1 Å². The first-order chi connectivity index (χ1) is 12.9. The number of aromatic nitrogens is 2. The molecule has 4 rings (SSSR count). The third-order valence-corrected chi connectivity index (χ3v) is 6.93. The Bertz CT molecular complexity index is 854. The summed E-state index contributed by atoms with van der Waals surface area (Å²) < 4.78 is 0. The van der Waals surface area contributed by atoms with Gasteiger partial charge in [0.15, 0.2) is 0 Å². The van der Waals surface area contributed by atoms with Crippen molar-refractivity contribution in [3.63, 3.8) is 0 Å². The van der Waals surface area contributed by atoms with E-state index in [2.05, 4.69) is 16.7 Å². The van der Waals surface area contributed by atoms with Crippen molar-refractivity contribution < 1.29 is 4.79 Å². The molecule has 0 saturated carbocycles. The summed E-state index contributed by atoms with van der Waals surface area (Å²) in [6.45, 7) is 8.46. The van der Waals surface area contributed by atoms with Crippen LogP contribution in [-0.2, 0) is 17.6 Å². The van der Waals surface area contributed by atoms with Gasteiger partial charge in [-0.05, 0) is 37.7 Å². The zero-order chi connectivity index (χ0) is 19.1. The van der Waals surface area contributed by atoms with Crippen LogP contribution < -0.4 is 4.90 Å². The molecule has 1 unspecified atom stereocenters. The van der Waals surface area contributed by atoms with Crippen LogP contribution in [-0.4, -0.2) is 72.5 Å². The summed E-state index contributed by atoms with van der Waals surface area (Å²) in [7, 11) is 3.64. The highest BCUT2D eigenvalue weighted by Crippen LogP contribution is 2.41. The van der Waals surface area contributed by atoms with Gasteiger partial charge >= 0.3 is 0 Å². The standard InChI is InChI=1S/C20H29N5OS/c1-13-5-6-15-16(11-13)27-20-18(15)19(21-14(2)22-20)25-9-7-24(8-10-25)12-17(26)23(3)4/h13H,5-12H2,1-4H3. The van der Waals surface area contributed by atoms with Crippen molar-refractivity contribution in [1.82, 2.24) is 19.8 Å². The van der Waals surface area contributed by atoms with Gasteiger partial charge in [-0.2, -0.15) is 0 Å². The summed E-state index contributed by atoms with van der Waals surface area (Å²) in [5, 5.41) is 1.30. The van der Waals surface area contributed by atoms with Crippen molar-refractivity contribution in [2.75, 3.05) is 51.7 Å². The van der Waals surface area contributed by atoms with E-state index in [0.29, 0.717) is 6.54 Å². The van der Waals surface area contributed by atoms with Gasteiger partial charge in [-0.15, -0.1) is 11.3 Å². The van der Waals surface area contributed by atoms with Crippen LogP contribution in [0.4, 0.5) is 5.82 Å². The molecule has 2 aromatic heterocycles. The van der Waals surface area contributed by atoms with Gasteiger partial charge in [0.2, 0.25) is 5.91 Å². The number of piperazine rings is 1. The third kappa shape index (κ3) is 3.67. The smallest absolute Gasteiger partial charge is 0.236 e. The molecule has 3 heterocycles. The number of carbonyl (C=O) groups is 1. The Hall–Kier alpha value is -1.73. The van der Waals surface area contributed by atoms with Crippen LogP contribution in [0.5, 0.6) is 0 Å². The molecular weight excluding hydrogens is 358 g/mol. The van der Waals surface area contributed by atoms with E-state index in [1.165, 1.54) is 28.7 Å². The summed E-state index contributed by atoms with van der Waals surface area (Å²) in [6.07, 6.45) is 3.58. The normalized spacial score (nSPS) is 20.7. The fourth-order valence-electron chi connectivity index (χ4n) is 4.11. The van der Waals surface area contributed by atoms with E-state index in [9.17, 15) is 4.79 Å². The average molecular weight is 388 g/mol. The molecule has 0 N–H and O–H groups in total. The molecule has 1 atom stereocenters. The van der Waals surface area contributed by atoms with Gasteiger partial charge in [-0.1, -0.05) is 6.92 Å². The van der Waals surface area contributed by atoms with Crippen molar-refractivity contribution in [3.05, 3.63) is 16.3 Å². The second kappa shape index (κ2) is 7.36. The Morgan fingerprint density at radius 1 is 1.22 bits per heavy atom. The lowest BCUT2D eigenvalue weighted by Crippen LogP contribution is -2.49. The summed E-state index contributed by atoms with van der Waals surface area (Å²) in [4.78, 5) is 30.6. The number of thiophene rings is 1. The van der Waals surface area contributed by atoms with Crippen molar-refractivity contribution >= 4 is 33.3 Å². The number of aryl methyl sites for hydroxylation is 2. The second-order valence-electron chi connectivity index (χ2n) is 8.18. The Labute approximate surface area is 165 Å². The quantitative estimate of drug-likeness (QED) is 0.809. The van der Waals surface area contributed by atoms with Gasteiger partial charge < -0.3 is 9.80 Å². The molecule has 0 bridgehead atoms. The van der Waals surface area contributed by atoms with E-state index in [4.69, 9.17) is 9.97 Å². The van der Waals surface area contributed by atoms with Crippen LogP contribution in [0, 0.1) is 12.8 Å². The maximum atomic E-state index is 12.0. The summed E-state index contributed by atoms with van der Waals surface area (Å²) in [5.74, 6) is 2.91. The Morgan fingerprint density at radius 3 is 2.67 bits per heavy atom. The van der Waals surface area contributed by atoms with Crippen molar-refractivity contribution in [3.8, 4) is 0 Å². The van der Waals surface area contributed by atoms with E-state index in [1.54, 1.807) is 4.90 Å². The van der Waals surface area contributed by atoms with Gasteiger partial charge in [-0.3, -0.25) is 9.69 Å². The molecule has 146 valence electrons. The number of likely N-dealkylation sites (N-methyl/N-ethyl adjacent to an activating group) is 1. The zero-order valence-electron chi connectivity index (χ0n) is 16.8. The highest BCUT2D eigenvalue weighted by molar-refractivity contribution is 7.19. The summed E-state index contributed by atoms with van der Waals surface area (Å²) in [6, 6.07) is 0. The maximum absolute atomic E-state index is 12.0. The molecule has 1 fully saturated rings. The van der Waals surface area contributed by atoms with Crippen molar-refractivity contribution in [1.29, 1.82) is 0 Å². The number of fused-ring (bicyclic) bond motifs is 3. The van der Waals surface area contributed by atoms with E-state index in [1.807, 2.05) is 32.4 Å². The Balaban J connectivity index is 1.58. The number of amides is 1. The van der Waals surface area contributed by atoms with E-state index in [-0.39, 0.29) is 5.91 Å². The number of anilines is 1. The molecular formula is C20H29N5OS. The number of nitrogens with zero attached hydrogens (tertiary/aromatic N) is 5. The molecule has 0 aromatic carbocycles. The molecule has 2 aromatic rings. The molecule has 0 radical (unpaired) electrons. The van der Waals surface area contributed by atoms with Crippen LogP contribution in [0.25, 0.3) is 10.2 Å². The summed E-state index contributed by atoms with van der Waals surface area (Å²) >= 11 is 1.87. The second-order valence-corrected chi connectivity index (χ2v) is 9.26. The molecule has 6 nitrogen and oxygen atoms in total. The number of carbonyl (C=O) groups excluding carboxylic acids is 1. The maximum Gasteiger partial charge on any atom is 0.236 e. The monoisotopic (exact) mass is 387 g/mol. The zero-order valence-corrected chi connectivity index (χ0v) is 17.6. The van der Waals surface area contributed by atoms with Gasteiger partial charge in [0.1, 0.15) is 16.5 Å². The van der Waals surface area contributed by atoms with Gasteiger partial charge in [0.05, 0.1) is 11.9 Å². The molecule has 2 aliphatic rings. The van der Waals surface area contributed by atoms with Crippen molar-refractivity contribution in [2.24, 2.45) is 5.92 Å². The first-order valence-corrected chi connectivity index (χ1v) is 10.7. The van der Waals surface area contributed by atoms with Crippen LogP contribution in [0.15, 0.2) is 0 Å². The number of hydrogen-bond donors (Lipinski definition) is 0. The lowest BCUT2D eigenvalue weighted by Gasteiger charge is -2.36. The minimum absolute atomic E-state index is 0.171. The minimum Gasteiger partial charge on any atom is -0.353 e. The van der Waals surface area contributed by atoms with Crippen LogP contribution in [0.2, 0.25) is 0 Å². The molecule has 1 aliphatic carbocycles. The molecule has 1 aliphatic heterocycles. The molecule has 0 spiro atoms.